The van der Waals surface area contributed by atoms with Gasteiger partial charge in [0.05, 0.1) is 6.04 Å². The molecule has 1 aromatic heterocycles. The monoisotopic (exact) mass is 237 g/mol. The van der Waals surface area contributed by atoms with Crippen LogP contribution in [-0.2, 0) is 0 Å². The van der Waals surface area contributed by atoms with E-state index in [1.54, 1.807) is 11.3 Å². The number of anilines is 1. The molecule has 0 radical (unpaired) electrons. The molecule has 2 rings (SSSR count). The van der Waals surface area contributed by atoms with Crippen LogP contribution in [0.1, 0.15) is 17.8 Å². The van der Waals surface area contributed by atoms with Crippen molar-refractivity contribution >= 4 is 28.6 Å². The van der Waals surface area contributed by atoms with Gasteiger partial charge >= 0.3 is 0 Å². The second kappa shape index (κ2) is 4.69. The lowest BCUT2D eigenvalue weighted by Gasteiger charge is -2.13. The van der Waals surface area contributed by atoms with Gasteiger partial charge in [-0.15, -0.1) is 11.3 Å². The number of hydrogen-bond donors (Lipinski definition) is 1. The Morgan fingerprint density at radius 1 is 1.27 bits per heavy atom. The van der Waals surface area contributed by atoms with Crippen LogP contribution in [0, 0.1) is 0 Å². The zero-order valence-corrected chi connectivity index (χ0v) is 9.98. The van der Waals surface area contributed by atoms with E-state index in [4.69, 9.17) is 11.6 Å². The molecule has 0 aliphatic carbocycles. The summed E-state index contributed by atoms with van der Waals surface area (Å²) in [5.41, 5.74) is 1.06. The van der Waals surface area contributed by atoms with Gasteiger partial charge in [0.15, 0.2) is 0 Å². The van der Waals surface area contributed by atoms with Crippen molar-refractivity contribution in [1.29, 1.82) is 0 Å². The SMILES string of the molecule is C[C@H](Nc1cccc(Cl)c1)c1cccs1. The Morgan fingerprint density at radius 3 is 2.80 bits per heavy atom. The molecule has 0 spiro atoms. The minimum absolute atomic E-state index is 0.323. The quantitative estimate of drug-likeness (QED) is 0.824. The fourth-order valence-corrected chi connectivity index (χ4v) is 2.36. The van der Waals surface area contributed by atoms with Gasteiger partial charge in [-0.25, -0.2) is 0 Å². The van der Waals surface area contributed by atoms with Gasteiger partial charge in [0.1, 0.15) is 0 Å². The molecule has 15 heavy (non-hydrogen) atoms. The highest BCUT2D eigenvalue weighted by Gasteiger charge is 2.05. The smallest absolute Gasteiger partial charge is 0.0578 e. The van der Waals surface area contributed by atoms with E-state index in [1.165, 1.54) is 4.88 Å². The first-order valence-electron chi connectivity index (χ1n) is 4.81. The Bertz CT molecular complexity index is 425. The maximum Gasteiger partial charge on any atom is 0.0578 e. The average molecular weight is 238 g/mol. The lowest BCUT2D eigenvalue weighted by Crippen LogP contribution is -2.04. The van der Waals surface area contributed by atoms with Crippen molar-refractivity contribution < 1.29 is 0 Å². The normalized spacial score (nSPS) is 12.4. The Kier molecular flexibility index (Phi) is 3.29. The number of hydrogen-bond acceptors (Lipinski definition) is 2. The molecule has 0 amide bonds. The minimum atomic E-state index is 0.323. The van der Waals surface area contributed by atoms with E-state index in [2.05, 4.69) is 29.8 Å². The van der Waals surface area contributed by atoms with E-state index < -0.39 is 0 Å². The van der Waals surface area contributed by atoms with Gasteiger partial charge < -0.3 is 5.32 Å². The maximum absolute atomic E-state index is 5.92. The van der Waals surface area contributed by atoms with Gasteiger partial charge in [-0.3, -0.25) is 0 Å². The summed E-state index contributed by atoms with van der Waals surface area (Å²) in [7, 11) is 0. The van der Waals surface area contributed by atoms with Gasteiger partial charge in [-0.1, -0.05) is 23.7 Å². The summed E-state index contributed by atoms with van der Waals surface area (Å²) in [4.78, 5) is 1.33. The second-order valence-corrected chi connectivity index (χ2v) is 4.81. The number of halogens is 1. The van der Waals surface area contributed by atoms with E-state index in [-0.39, 0.29) is 0 Å². The highest BCUT2D eigenvalue weighted by atomic mass is 35.5. The Morgan fingerprint density at radius 2 is 2.13 bits per heavy atom. The molecule has 1 heterocycles. The molecule has 0 aliphatic rings. The zero-order valence-electron chi connectivity index (χ0n) is 8.41. The molecule has 1 atom stereocenters. The topological polar surface area (TPSA) is 12.0 Å². The van der Waals surface area contributed by atoms with Crippen LogP contribution in [0.4, 0.5) is 5.69 Å². The average Bonchev–Trinajstić information content (AvgIpc) is 2.70. The molecule has 0 bridgehead atoms. The summed E-state index contributed by atoms with van der Waals surface area (Å²) in [5, 5.41) is 6.26. The van der Waals surface area contributed by atoms with Crippen LogP contribution in [0.2, 0.25) is 5.02 Å². The summed E-state index contributed by atoms with van der Waals surface area (Å²) in [5.74, 6) is 0. The molecule has 0 fully saturated rings. The molecule has 0 aliphatic heterocycles. The summed E-state index contributed by atoms with van der Waals surface area (Å²) < 4.78 is 0. The summed E-state index contributed by atoms with van der Waals surface area (Å²) in [6.07, 6.45) is 0. The number of thiophene rings is 1. The maximum atomic E-state index is 5.92. The zero-order chi connectivity index (χ0) is 10.7. The van der Waals surface area contributed by atoms with E-state index >= 15 is 0 Å². The molecular weight excluding hydrogens is 226 g/mol. The van der Waals surface area contributed by atoms with Crippen molar-refractivity contribution in [3.8, 4) is 0 Å². The second-order valence-electron chi connectivity index (χ2n) is 3.39. The molecule has 1 N–H and O–H groups in total. The third-order valence-electron chi connectivity index (χ3n) is 2.18. The molecule has 2 aromatic rings. The summed E-state index contributed by atoms with van der Waals surface area (Å²) in [6.45, 7) is 2.15. The van der Waals surface area contributed by atoms with Crippen LogP contribution in [-0.4, -0.2) is 0 Å². The van der Waals surface area contributed by atoms with E-state index in [0.717, 1.165) is 10.7 Å². The van der Waals surface area contributed by atoms with Crippen molar-refractivity contribution in [1.82, 2.24) is 0 Å². The first-order chi connectivity index (χ1) is 7.25. The van der Waals surface area contributed by atoms with Gasteiger partial charge in [0.2, 0.25) is 0 Å². The van der Waals surface area contributed by atoms with E-state index in [1.807, 2.05) is 24.3 Å². The summed E-state index contributed by atoms with van der Waals surface area (Å²) in [6, 6.07) is 12.3. The van der Waals surface area contributed by atoms with Gasteiger partial charge in [0.25, 0.3) is 0 Å². The minimum Gasteiger partial charge on any atom is -0.378 e. The number of rotatable bonds is 3. The van der Waals surface area contributed by atoms with Crippen LogP contribution in [0.3, 0.4) is 0 Å². The molecule has 0 unspecified atom stereocenters. The van der Waals surface area contributed by atoms with Gasteiger partial charge in [-0.05, 0) is 36.6 Å². The van der Waals surface area contributed by atoms with Crippen molar-refractivity contribution in [2.24, 2.45) is 0 Å². The van der Waals surface area contributed by atoms with Crippen LogP contribution in [0.5, 0.6) is 0 Å². The largest absolute Gasteiger partial charge is 0.378 e. The highest BCUT2D eigenvalue weighted by molar-refractivity contribution is 7.10. The number of nitrogens with one attached hydrogen (secondary N) is 1. The van der Waals surface area contributed by atoms with Crippen molar-refractivity contribution in [2.75, 3.05) is 5.32 Å². The molecule has 1 aromatic carbocycles. The molecule has 78 valence electrons. The predicted molar refractivity (Wildman–Crippen MR) is 67.8 cm³/mol. The fourth-order valence-electron chi connectivity index (χ4n) is 1.44. The highest BCUT2D eigenvalue weighted by Crippen LogP contribution is 2.24. The van der Waals surface area contributed by atoms with Crippen molar-refractivity contribution in [3.05, 3.63) is 51.7 Å². The van der Waals surface area contributed by atoms with Crippen molar-refractivity contribution in [2.45, 2.75) is 13.0 Å². The Labute approximate surface area is 98.7 Å². The molecule has 0 saturated carbocycles. The molecule has 1 nitrogen and oxygen atoms in total. The first-order valence-corrected chi connectivity index (χ1v) is 6.07. The molecule has 0 saturated heterocycles. The van der Waals surface area contributed by atoms with Crippen LogP contribution >= 0.6 is 22.9 Å². The van der Waals surface area contributed by atoms with Crippen LogP contribution < -0.4 is 5.32 Å². The van der Waals surface area contributed by atoms with Crippen molar-refractivity contribution in [3.63, 3.8) is 0 Å². The lowest BCUT2D eigenvalue weighted by molar-refractivity contribution is 0.908. The summed E-state index contributed by atoms with van der Waals surface area (Å²) >= 11 is 7.67. The lowest BCUT2D eigenvalue weighted by atomic mass is 10.2. The van der Waals surface area contributed by atoms with E-state index in [9.17, 15) is 0 Å². The molecular formula is C12H12ClNS. The van der Waals surface area contributed by atoms with Gasteiger partial charge in [0, 0.05) is 15.6 Å². The van der Waals surface area contributed by atoms with E-state index in [0.29, 0.717) is 6.04 Å². The number of benzene rings is 1. The third-order valence-corrected chi connectivity index (χ3v) is 3.47. The van der Waals surface area contributed by atoms with Crippen LogP contribution in [0.15, 0.2) is 41.8 Å². The standard InChI is InChI=1S/C12H12ClNS/c1-9(12-6-3-7-15-12)14-11-5-2-4-10(13)8-11/h2-9,14H,1H3/t9-/m0/s1. The molecule has 3 heteroatoms. The Balaban J connectivity index is 2.09. The van der Waals surface area contributed by atoms with Crippen LogP contribution in [0.25, 0.3) is 0 Å². The first kappa shape index (κ1) is 10.5. The van der Waals surface area contributed by atoms with Gasteiger partial charge in [-0.2, -0.15) is 0 Å². The Hall–Kier alpha value is -0.990. The fraction of sp³-hybridized carbons (Fsp3) is 0.167. The third kappa shape index (κ3) is 2.74. The predicted octanol–water partition coefficient (Wildman–Crippen LogP) is 4.57.